The molecule has 1 heteroatoms. The Morgan fingerprint density at radius 2 is 1.31 bits per heavy atom. The molecule has 0 radical (unpaired) electrons. The van der Waals surface area contributed by atoms with E-state index in [-0.39, 0.29) is 6.10 Å². The first-order valence-electron chi connectivity index (χ1n) is 6.93. The van der Waals surface area contributed by atoms with Crippen molar-refractivity contribution in [3.05, 3.63) is 0 Å². The van der Waals surface area contributed by atoms with Crippen molar-refractivity contribution in [3.8, 4) is 0 Å². The fourth-order valence-electron chi connectivity index (χ4n) is 2.59. The second-order valence-electron chi connectivity index (χ2n) is 6.54. The summed E-state index contributed by atoms with van der Waals surface area (Å²) in [7, 11) is 0. The van der Waals surface area contributed by atoms with Gasteiger partial charge in [-0.15, -0.1) is 0 Å². The van der Waals surface area contributed by atoms with Crippen LogP contribution in [0.25, 0.3) is 0 Å². The SMILES string of the molecule is CC(C)CC(C)CC(C)C(O)C(C)C(C)C. The molecule has 4 atom stereocenters. The molecule has 0 aromatic heterocycles. The highest BCUT2D eigenvalue weighted by Crippen LogP contribution is 2.27. The van der Waals surface area contributed by atoms with Crippen LogP contribution in [0.2, 0.25) is 0 Å². The lowest BCUT2D eigenvalue weighted by Gasteiger charge is -2.29. The Morgan fingerprint density at radius 3 is 1.69 bits per heavy atom. The number of hydrogen-bond acceptors (Lipinski definition) is 1. The van der Waals surface area contributed by atoms with Crippen molar-refractivity contribution in [2.75, 3.05) is 0 Å². The van der Waals surface area contributed by atoms with E-state index in [9.17, 15) is 5.11 Å². The zero-order chi connectivity index (χ0) is 12.9. The molecule has 0 saturated carbocycles. The van der Waals surface area contributed by atoms with Crippen LogP contribution in [0.3, 0.4) is 0 Å². The van der Waals surface area contributed by atoms with E-state index in [1.807, 2.05) is 0 Å². The van der Waals surface area contributed by atoms with Gasteiger partial charge in [-0.25, -0.2) is 0 Å². The van der Waals surface area contributed by atoms with E-state index in [1.165, 1.54) is 6.42 Å². The third-order valence-electron chi connectivity index (χ3n) is 3.82. The normalized spacial score (nSPS) is 19.9. The first-order valence-corrected chi connectivity index (χ1v) is 6.93. The van der Waals surface area contributed by atoms with E-state index < -0.39 is 0 Å². The number of rotatable bonds is 7. The Balaban J connectivity index is 4.09. The van der Waals surface area contributed by atoms with Crippen LogP contribution in [0.1, 0.15) is 61.3 Å². The van der Waals surface area contributed by atoms with Gasteiger partial charge in [-0.3, -0.25) is 0 Å². The predicted molar refractivity (Wildman–Crippen MR) is 72.4 cm³/mol. The fraction of sp³-hybridized carbons (Fsp3) is 1.00. The Hall–Kier alpha value is -0.0400. The van der Waals surface area contributed by atoms with Gasteiger partial charge < -0.3 is 5.11 Å². The molecule has 0 aliphatic heterocycles. The van der Waals surface area contributed by atoms with E-state index in [1.54, 1.807) is 0 Å². The molecule has 0 aliphatic rings. The second kappa shape index (κ2) is 7.32. The molecule has 0 bridgehead atoms. The Labute approximate surface area is 103 Å². The van der Waals surface area contributed by atoms with Crippen LogP contribution < -0.4 is 0 Å². The van der Waals surface area contributed by atoms with Crippen LogP contribution in [0.5, 0.6) is 0 Å². The number of aliphatic hydroxyl groups excluding tert-OH is 1. The van der Waals surface area contributed by atoms with Crippen LogP contribution in [-0.2, 0) is 0 Å². The number of hydrogen-bond donors (Lipinski definition) is 1. The Morgan fingerprint density at radius 1 is 0.812 bits per heavy atom. The monoisotopic (exact) mass is 228 g/mol. The lowest BCUT2D eigenvalue weighted by molar-refractivity contribution is 0.0349. The highest BCUT2D eigenvalue weighted by molar-refractivity contribution is 4.74. The molecule has 0 aliphatic carbocycles. The average molecular weight is 228 g/mol. The minimum absolute atomic E-state index is 0.144. The van der Waals surface area contributed by atoms with Gasteiger partial charge in [0, 0.05) is 0 Å². The topological polar surface area (TPSA) is 20.2 Å². The van der Waals surface area contributed by atoms with E-state index in [0.29, 0.717) is 17.8 Å². The summed E-state index contributed by atoms with van der Waals surface area (Å²) in [5.74, 6) is 2.89. The summed E-state index contributed by atoms with van der Waals surface area (Å²) in [6, 6.07) is 0. The molecule has 0 saturated heterocycles. The third-order valence-corrected chi connectivity index (χ3v) is 3.82. The third kappa shape index (κ3) is 5.89. The van der Waals surface area contributed by atoms with Crippen molar-refractivity contribution < 1.29 is 5.11 Å². The quantitative estimate of drug-likeness (QED) is 0.687. The van der Waals surface area contributed by atoms with Crippen LogP contribution >= 0.6 is 0 Å². The lowest BCUT2D eigenvalue weighted by atomic mass is 9.80. The summed E-state index contributed by atoms with van der Waals surface area (Å²) in [4.78, 5) is 0. The predicted octanol–water partition coefficient (Wildman–Crippen LogP) is 4.35. The summed E-state index contributed by atoms with van der Waals surface area (Å²) >= 11 is 0. The first kappa shape index (κ1) is 16.0. The molecule has 0 aromatic rings. The van der Waals surface area contributed by atoms with E-state index in [4.69, 9.17) is 0 Å². The Bertz CT molecular complexity index is 174. The van der Waals surface area contributed by atoms with Gasteiger partial charge in [0.2, 0.25) is 0 Å². The summed E-state index contributed by atoms with van der Waals surface area (Å²) < 4.78 is 0. The van der Waals surface area contributed by atoms with Gasteiger partial charge in [0.25, 0.3) is 0 Å². The molecule has 1 N–H and O–H groups in total. The zero-order valence-electron chi connectivity index (χ0n) is 12.3. The molecule has 0 fully saturated rings. The van der Waals surface area contributed by atoms with Gasteiger partial charge in [-0.2, -0.15) is 0 Å². The maximum atomic E-state index is 10.2. The molecule has 16 heavy (non-hydrogen) atoms. The van der Waals surface area contributed by atoms with E-state index in [0.717, 1.165) is 18.3 Å². The maximum Gasteiger partial charge on any atom is 0.0593 e. The van der Waals surface area contributed by atoms with E-state index >= 15 is 0 Å². The molecule has 0 heterocycles. The molecule has 0 amide bonds. The van der Waals surface area contributed by atoms with Crippen molar-refractivity contribution in [1.82, 2.24) is 0 Å². The van der Waals surface area contributed by atoms with Crippen molar-refractivity contribution >= 4 is 0 Å². The van der Waals surface area contributed by atoms with Crippen LogP contribution in [-0.4, -0.2) is 11.2 Å². The van der Waals surface area contributed by atoms with Crippen molar-refractivity contribution in [1.29, 1.82) is 0 Å². The molecule has 0 rings (SSSR count). The van der Waals surface area contributed by atoms with Gasteiger partial charge in [0.1, 0.15) is 0 Å². The minimum atomic E-state index is -0.144. The minimum Gasteiger partial charge on any atom is -0.393 e. The van der Waals surface area contributed by atoms with Gasteiger partial charge in [-0.05, 0) is 42.4 Å². The summed E-state index contributed by atoms with van der Waals surface area (Å²) in [5, 5.41) is 10.2. The smallest absolute Gasteiger partial charge is 0.0593 e. The zero-order valence-corrected chi connectivity index (χ0v) is 12.3. The first-order chi connectivity index (χ1) is 7.25. The van der Waals surface area contributed by atoms with Crippen molar-refractivity contribution in [2.45, 2.75) is 67.4 Å². The second-order valence-corrected chi connectivity index (χ2v) is 6.54. The van der Waals surface area contributed by atoms with Crippen molar-refractivity contribution in [2.24, 2.45) is 29.6 Å². The van der Waals surface area contributed by atoms with Gasteiger partial charge in [0.05, 0.1) is 6.10 Å². The van der Waals surface area contributed by atoms with Crippen LogP contribution in [0, 0.1) is 29.6 Å². The highest BCUT2D eigenvalue weighted by atomic mass is 16.3. The maximum absolute atomic E-state index is 10.2. The summed E-state index contributed by atoms with van der Waals surface area (Å²) in [6.45, 7) is 15.6. The number of aliphatic hydroxyl groups is 1. The standard InChI is InChI=1S/C15H32O/c1-10(2)8-12(5)9-13(6)15(16)14(7)11(3)4/h10-16H,8-9H2,1-7H3. The molecular formula is C15H32O. The van der Waals surface area contributed by atoms with Crippen molar-refractivity contribution in [3.63, 3.8) is 0 Å². The largest absolute Gasteiger partial charge is 0.393 e. The molecular weight excluding hydrogens is 196 g/mol. The summed E-state index contributed by atoms with van der Waals surface area (Å²) in [6.07, 6.45) is 2.28. The fourth-order valence-corrected chi connectivity index (χ4v) is 2.59. The van der Waals surface area contributed by atoms with Gasteiger partial charge in [-0.1, -0.05) is 48.5 Å². The average Bonchev–Trinajstić information content (AvgIpc) is 2.13. The van der Waals surface area contributed by atoms with E-state index in [2.05, 4.69) is 48.5 Å². The lowest BCUT2D eigenvalue weighted by Crippen LogP contribution is -2.30. The van der Waals surface area contributed by atoms with Crippen LogP contribution in [0.15, 0.2) is 0 Å². The molecule has 0 aromatic carbocycles. The van der Waals surface area contributed by atoms with Crippen LogP contribution in [0.4, 0.5) is 0 Å². The molecule has 4 unspecified atom stereocenters. The summed E-state index contributed by atoms with van der Waals surface area (Å²) in [5.41, 5.74) is 0. The molecule has 0 spiro atoms. The molecule has 98 valence electrons. The Kier molecular flexibility index (Phi) is 7.30. The van der Waals surface area contributed by atoms with Gasteiger partial charge >= 0.3 is 0 Å². The molecule has 1 nitrogen and oxygen atoms in total. The highest BCUT2D eigenvalue weighted by Gasteiger charge is 2.24. The van der Waals surface area contributed by atoms with Gasteiger partial charge in [0.15, 0.2) is 0 Å².